The molecule has 0 aliphatic heterocycles. The third kappa shape index (κ3) is 17.7. The molecule has 0 saturated heterocycles. The molecule has 0 saturated carbocycles. The molecule has 0 spiro atoms. The van der Waals surface area contributed by atoms with E-state index in [4.69, 9.17) is 4.74 Å². The molecule has 0 aliphatic carbocycles. The van der Waals surface area contributed by atoms with Gasteiger partial charge >= 0.3 is 5.97 Å². The Morgan fingerprint density at radius 2 is 1.35 bits per heavy atom. The first-order valence-corrected chi connectivity index (χ1v) is 10.5. The quantitative estimate of drug-likeness (QED) is 0.210. The Bertz CT molecular complexity index is 369. The van der Waals surface area contributed by atoms with Crippen molar-refractivity contribution in [3.05, 3.63) is 0 Å². The molecule has 0 amide bonds. The zero-order valence-electron chi connectivity index (χ0n) is 17.4. The minimum Gasteiger partial charge on any atom is -0.544 e. The summed E-state index contributed by atoms with van der Waals surface area (Å²) in [5.41, 5.74) is 0. The third-order valence-corrected chi connectivity index (χ3v) is 4.71. The number of aliphatic carboxylic acids is 1. The Hall–Kier alpha value is -1.10. The maximum absolute atomic E-state index is 11.7. The van der Waals surface area contributed by atoms with Crippen LogP contribution in [-0.4, -0.2) is 50.2 Å². The van der Waals surface area contributed by atoms with Gasteiger partial charge < -0.3 is 19.1 Å². The van der Waals surface area contributed by atoms with Crippen LogP contribution in [0.4, 0.5) is 0 Å². The van der Waals surface area contributed by atoms with Gasteiger partial charge in [-0.1, -0.05) is 64.7 Å². The van der Waals surface area contributed by atoms with Crippen molar-refractivity contribution < 1.29 is 23.9 Å². The number of rotatable bonds is 18. The van der Waals surface area contributed by atoms with E-state index >= 15 is 0 Å². The lowest BCUT2D eigenvalue weighted by molar-refractivity contribution is -0.885. The van der Waals surface area contributed by atoms with Gasteiger partial charge in [0.2, 0.25) is 0 Å². The highest BCUT2D eigenvalue weighted by Crippen LogP contribution is 2.11. The van der Waals surface area contributed by atoms with Crippen molar-refractivity contribution in [1.82, 2.24) is 0 Å². The van der Waals surface area contributed by atoms with Crippen molar-refractivity contribution >= 4 is 11.9 Å². The van der Waals surface area contributed by atoms with Gasteiger partial charge in [0.1, 0.15) is 6.54 Å². The lowest BCUT2D eigenvalue weighted by Crippen LogP contribution is -2.48. The summed E-state index contributed by atoms with van der Waals surface area (Å²) in [5, 5.41) is 10.6. The van der Waals surface area contributed by atoms with Gasteiger partial charge in [-0.05, 0) is 19.3 Å². The zero-order chi connectivity index (χ0) is 19.7. The number of quaternary nitrogens is 1. The number of unbranched alkanes of at least 4 members (excludes halogenated alkanes) is 10. The fraction of sp³-hybridized carbons (Fsp3) is 0.905. The highest BCUT2D eigenvalue weighted by atomic mass is 16.5. The van der Waals surface area contributed by atoms with Gasteiger partial charge in [0.15, 0.2) is 0 Å². The van der Waals surface area contributed by atoms with Crippen LogP contribution in [0.1, 0.15) is 90.4 Å². The molecule has 0 bridgehead atoms. The molecule has 26 heavy (non-hydrogen) atoms. The summed E-state index contributed by atoms with van der Waals surface area (Å²) >= 11 is 0. The normalized spacial score (nSPS) is 11.5. The maximum atomic E-state index is 11.7. The first kappa shape index (κ1) is 24.9. The molecule has 5 nitrogen and oxygen atoms in total. The highest BCUT2D eigenvalue weighted by molar-refractivity contribution is 5.69. The largest absolute Gasteiger partial charge is 0.544 e. The van der Waals surface area contributed by atoms with Gasteiger partial charge in [0, 0.05) is 6.42 Å². The topological polar surface area (TPSA) is 66.4 Å². The van der Waals surface area contributed by atoms with Crippen LogP contribution in [0, 0.1) is 0 Å². The van der Waals surface area contributed by atoms with Crippen LogP contribution in [0.2, 0.25) is 0 Å². The second kappa shape index (κ2) is 16.1. The van der Waals surface area contributed by atoms with Crippen molar-refractivity contribution in [2.45, 2.75) is 90.4 Å². The van der Waals surface area contributed by atoms with Gasteiger partial charge in [0.25, 0.3) is 0 Å². The summed E-state index contributed by atoms with van der Waals surface area (Å²) in [7, 11) is 3.72. The molecule has 0 aromatic carbocycles. The molecule has 0 aliphatic rings. The number of hydrogen-bond acceptors (Lipinski definition) is 4. The number of hydrogen-bond donors (Lipinski definition) is 0. The summed E-state index contributed by atoms with van der Waals surface area (Å²) in [5.74, 6) is -1.17. The number of carboxylic acid groups (broad SMARTS) is 1. The number of nitrogens with zero attached hydrogens (tertiary/aromatic N) is 1. The average molecular weight is 372 g/mol. The second-order valence-electron chi connectivity index (χ2n) is 8.05. The van der Waals surface area contributed by atoms with E-state index in [1.165, 1.54) is 51.4 Å². The summed E-state index contributed by atoms with van der Waals surface area (Å²) in [6.07, 6.45) is 14.7. The molecule has 0 rings (SSSR count). The predicted molar refractivity (Wildman–Crippen MR) is 104 cm³/mol. The van der Waals surface area contributed by atoms with E-state index in [2.05, 4.69) is 6.92 Å². The monoisotopic (exact) mass is 371 g/mol. The Morgan fingerprint density at radius 3 is 1.88 bits per heavy atom. The number of esters is 1. The van der Waals surface area contributed by atoms with Gasteiger partial charge in [-0.3, -0.25) is 4.79 Å². The van der Waals surface area contributed by atoms with Crippen LogP contribution in [-0.2, 0) is 14.3 Å². The van der Waals surface area contributed by atoms with Crippen LogP contribution in [0.5, 0.6) is 0 Å². The highest BCUT2D eigenvalue weighted by Gasteiger charge is 2.15. The van der Waals surface area contributed by atoms with Crippen molar-refractivity contribution in [2.24, 2.45) is 0 Å². The van der Waals surface area contributed by atoms with Gasteiger partial charge in [0.05, 0.1) is 33.2 Å². The lowest BCUT2D eigenvalue weighted by atomic mass is 10.1. The Balaban J connectivity index is 3.38. The average Bonchev–Trinajstić information content (AvgIpc) is 2.55. The zero-order valence-corrected chi connectivity index (χ0v) is 17.4. The van der Waals surface area contributed by atoms with E-state index in [0.717, 1.165) is 32.2 Å². The van der Waals surface area contributed by atoms with Crippen LogP contribution >= 0.6 is 0 Å². The molecule has 154 valence electrons. The van der Waals surface area contributed by atoms with Crippen LogP contribution in [0.25, 0.3) is 0 Å². The van der Waals surface area contributed by atoms with Crippen LogP contribution < -0.4 is 5.11 Å². The fourth-order valence-corrected chi connectivity index (χ4v) is 3.09. The summed E-state index contributed by atoms with van der Waals surface area (Å²) in [4.78, 5) is 22.3. The molecule has 0 unspecified atom stereocenters. The first-order chi connectivity index (χ1) is 12.4. The van der Waals surface area contributed by atoms with Crippen molar-refractivity contribution in [2.75, 3.05) is 33.8 Å². The number of carboxylic acids is 1. The van der Waals surface area contributed by atoms with Crippen LogP contribution in [0.15, 0.2) is 0 Å². The Labute approximate surface area is 160 Å². The van der Waals surface area contributed by atoms with E-state index in [1.807, 2.05) is 14.1 Å². The van der Waals surface area contributed by atoms with Crippen LogP contribution in [0.3, 0.4) is 0 Å². The van der Waals surface area contributed by atoms with Gasteiger partial charge in [-0.25, -0.2) is 0 Å². The number of ether oxygens (including phenoxy) is 1. The minimum atomic E-state index is -1.04. The molecule has 0 aromatic heterocycles. The molecule has 0 radical (unpaired) electrons. The molecule has 0 atom stereocenters. The molecule has 0 heterocycles. The first-order valence-electron chi connectivity index (χ1n) is 10.5. The van der Waals surface area contributed by atoms with E-state index in [0.29, 0.717) is 17.5 Å². The SMILES string of the molecule is CCCCCCCCCCCCOC(=O)CCCC[N+](C)(C)CC(=O)[O-]. The third-order valence-electron chi connectivity index (χ3n) is 4.71. The molecular formula is C21H41NO4. The molecule has 0 aromatic rings. The van der Waals surface area contributed by atoms with Gasteiger partial charge in [-0.15, -0.1) is 0 Å². The Morgan fingerprint density at radius 1 is 0.808 bits per heavy atom. The van der Waals surface area contributed by atoms with E-state index < -0.39 is 5.97 Å². The van der Waals surface area contributed by atoms with E-state index in [-0.39, 0.29) is 12.5 Å². The lowest BCUT2D eigenvalue weighted by Gasteiger charge is -2.30. The maximum Gasteiger partial charge on any atom is 0.305 e. The number of carbonyl (C=O) groups is 2. The smallest absolute Gasteiger partial charge is 0.305 e. The standard InChI is InChI=1S/C21H41NO4/c1-4-5-6-7-8-9-10-11-12-15-18-26-21(25)16-13-14-17-22(2,3)19-20(23)24/h4-19H2,1-3H3. The summed E-state index contributed by atoms with van der Waals surface area (Å²) in [6, 6.07) is 0. The summed E-state index contributed by atoms with van der Waals surface area (Å²) in [6.45, 7) is 3.50. The second-order valence-corrected chi connectivity index (χ2v) is 8.05. The Kier molecular flexibility index (Phi) is 15.4. The number of likely N-dealkylation sites (N-methyl/N-ethyl adjacent to an activating group) is 1. The van der Waals surface area contributed by atoms with Gasteiger partial charge in [-0.2, -0.15) is 0 Å². The van der Waals surface area contributed by atoms with E-state index in [1.54, 1.807) is 0 Å². The van der Waals surface area contributed by atoms with E-state index in [9.17, 15) is 14.7 Å². The van der Waals surface area contributed by atoms with Crippen molar-refractivity contribution in [3.63, 3.8) is 0 Å². The number of carbonyl (C=O) groups excluding carboxylic acids is 2. The van der Waals surface area contributed by atoms with Crippen molar-refractivity contribution in [1.29, 1.82) is 0 Å². The molecule has 0 N–H and O–H groups in total. The molecule has 0 fully saturated rings. The fourth-order valence-electron chi connectivity index (χ4n) is 3.09. The van der Waals surface area contributed by atoms with Crippen molar-refractivity contribution in [3.8, 4) is 0 Å². The minimum absolute atomic E-state index is 0.00316. The molecule has 5 heteroatoms. The molecular weight excluding hydrogens is 330 g/mol. The summed E-state index contributed by atoms with van der Waals surface area (Å²) < 4.78 is 5.65. The predicted octanol–water partition coefficient (Wildman–Crippen LogP) is 3.45.